The summed E-state index contributed by atoms with van der Waals surface area (Å²) in [5.41, 5.74) is 1.77. The van der Waals surface area contributed by atoms with Crippen molar-refractivity contribution in [1.82, 2.24) is 0 Å². The molecule has 21 heavy (non-hydrogen) atoms. The first kappa shape index (κ1) is 13.9. The Morgan fingerprint density at radius 1 is 1.48 bits per heavy atom. The number of anilines is 1. The van der Waals surface area contributed by atoms with Crippen molar-refractivity contribution < 1.29 is 22.9 Å². The van der Waals surface area contributed by atoms with Crippen LogP contribution < -0.4 is 4.90 Å². The van der Waals surface area contributed by atoms with Crippen molar-refractivity contribution in [1.29, 1.82) is 0 Å². The Balaban J connectivity index is 2.12. The summed E-state index contributed by atoms with van der Waals surface area (Å²) in [5, 5.41) is 0. The zero-order chi connectivity index (χ0) is 15.1. The number of carbonyl (C=O) groups excluding carboxylic acids is 1. The molecule has 0 aliphatic carbocycles. The molecule has 2 aliphatic heterocycles. The van der Waals surface area contributed by atoms with Gasteiger partial charge in [0.25, 0.3) is 0 Å². The van der Waals surface area contributed by atoms with Crippen LogP contribution >= 0.6 is 0 Å². The van der Waals surface area contributed by atoms with Gasteiger partial charge in [-0.25, -0.2) is 0 Å². The van der Waals surface area contributed by atoms with Gasteiger partial charge in [-0.3, -0.25) is 0 Å². The number of rotatable bonds is 2. The molecule has 1 unspecified atom stereocenters. The van der Waals surface area contributed by atoms with Gasteiger partial charge in [0.1, 0.15) is 0 Å². The molecule has 2 aliphatic rings. The number of halogens is 2. The molecule has 7 heteroatoms. The van der Waals surface area contributed by atoms with Gasteiger partial charge < -0.3 is 0 Å². The first-order valence-corrected chi connectivity index (χ1v) is 6.66. The number of benzene rings is 1. The van der Waals surface area contributed by atoms with E-state index in [1.54, 1.807) is 11.1 Å². The fraction of sp³-hybridized carbons (Fsp3) is 0.357. The summed E-state index contributed by atoms with van der Waals surface area (Å²) in [6.45, 7) is 1.94. The summed E-state index contributed by atoms with van der Waals surface area (Å²) in [7, 11) is 0.0645. The van der Waals surface area contributed by atoms with Crippen LogP contribution in [-0.4, -0.2) is 19.4 Å². The van der Waals surface area contributed by atoms with Crippen molar-refractivity contribution in [2.45, 2.75) is 32.2 Å². The second kappa shape index (κ2) is 5.05. The van der Waals surface area contributed by atoms with Gasteiger partial charge in [0.2, 0.25) is 0 Å². The Kier molecular flexibility index (Phi) is 3.35. The van der Waals surface area contributed by atoms with E-state index in [1.807, 2.05) is 6.92 Å². The van der Waals surface area contributed by atoms with Gasteiger partial charge >= 0.3 is 120 Å². The Morgan fingerprint density at radius 2 is 2.24 bits per heavy atom. The molecular formula is C14H12BF2NO3. The fourth-order valence-electron chi connectivity index (χ4n) is 2.98. The van der Waals surface area contributed by atoms with Gasteiger partial charge in [0.15, 0.2) is 0 Å². The molecular weight excluding hydrogens is 279 g/mol. The number of hydrogen-bond acceptors (Lipinski definition) is 4. The van der Waals surface area contributed by atoms with E-state index >= 15 is 0 Å². The van der Waals surface area contributed by atoms with E-state index in [-0.39, 0.29) is 25.4 Å². The second-order valence-electron chi connectivity index (χ2n) is 5.29. The van der Waals surface area contributed by atoms with E-state index in [4.69, 9.17) is 0 Å². The van der Waals surface area contributed by atoms with Crippen LogP contribution in [0.15, 0.2) is 17.8 Å². The summed E-state index contributed by atoms with van der Waals surface area (Å²) in [6, 6.07) is 1.17. The van der Waals surface area contributed by atoms with Crippen LogP contribution in [0.2, 0.25) is 0 Å². The predicted octanol–water partition coefficient (Wildman–Crippen LogP) is 2.05. The predicted molar refractivity (Wildman–Crippen MR) is 70.9 cm³/mol. The molecule has 2 heterocycles. The van der Waals surface area contributed by atoms with Crippen LogP contribution in [0.1, 0.15) is 24.5 Å². The van der Waals surface area contributed by atoms with Crippen molar-refractivity contribution in [3.8, 4) is 0 Å². The van der Waals surface area contributed by atoms with Crippen LogP contribution in [0, 0.1) is 11.6 Å². The molecule has 0 amide bonds. The third kappa shape index (κ3) is 2.16. The summed E-state index contributed by atoms with van der Waals surface area (Å²) in [6.07, 6.45) is 2.80. The summed E-state index contributed by atoms with van der Waals surface area (Å²) in [4.78, 5) is 13.5. The molecule has 4 nitrogen and oxygen atoms in total. The van der Waals surface area contributed by atoms with E-state index in [0.29, 0.717) is 29.7 Å². The molecule has 3 rings (SSSR count). The molecule has 0 fully saturated rings. The second-order valence-corrected chi connectivity index (χ2v) is 5.29. The Labute approximate surface area is 120 Å². The minimum absolute atomic E-state index is 0.0560. The molecule has 0 N–H and O–H groups in total. The Morgan fingerprint density at radius 3 is 2.95 bits per heavy atom. The normalized spacial score (nSPS) is 19.5. The first-order valence-electron chi connectivity index (χ1n) is 6.66. The van der Waals surface area contributed by atoms with Crippen LogP contribution in [-0.2, 0) is 27.0 Å². The maximum absolute atomic E-state index is 13.9. The van der Waals surface area contributed by atoms with Crippen molar-refractivity contribution in [2.24, 2.45) is 0 Å². The monoisotopic (exact) mass is 291 g/mol. The van der Waals surface area contributed by atoms with Gasteiger partial charge in [0, 0.05) is 0 Å². The van der Waals surface area contributed by atoms with Gasteiger partial charge in [0.05, 0.1) is 0 Å². The van der Waals surface area contributed by atoms with Crippen molar-refractivity contribution in [3.05, 3.63) is 40.6 Å². The molecule has 0 bridgehead atoms. The Bertz CT molecular complexity index is 675. The first-order chi connectivity index (χ1) is 10.0. The molecule has 0 saturated carbocycles. The van der Waals surface area contributed by atoms with Crippen molar-refractivity contribution >= 4 is 19.0 Å². The quantitative estimate of drug-likeness (QED) is 0.782. The van der Waals surface area contributed by atoms with Gasteiger partial charge in [-0.15, -0.1) is 0 Å². The number of hydrogen-bond donors (Lipinski definition) is 0. The van der Waals surface area contributed by atoms with Crippen molar-refractivity contribution in [3.63, 3.8) is 0 Å². The van der Waals surface area contributed by atoms with Gasteiger partial charge in [-0.2, -0.15) is 0 Å². The molecule has 0 radical (unpaired) electrons. The van der Waals surface area contributed by atoms with E-state index in [0.717, 1.165) is 6.07 Å². The maximum atomic E-state index is 13.9. The summed E-state index contributed by atoms with van der Waals surface area (Å²) >= 11 is 0. The van der Waals surface area contributed by atoms with E-state index in [1.165, 1.54) is 0 Å². The molecule has 1 aromatic carbocycles. The van der Waals surface area contributed by atoms with E-state index in [2.05, 4.69) is 4.65 Å². The average Bonchev–Trinajstić information content (AvgIpc) is 2.46. The van der Waals surface area contributed by atoms with Crippen LogP contribution in [0.5, 0.6) is 0 Å². The fourth-order valence-corrected chi connectivity index (χ4v) is 2.98. The molecule has 0 saturated heterocycles. The molecule has 0 aromatic heterocycles. The topological polar surface area (TPSA) is 46.6 Å². The van der Waals surface area contributed by atoms with Crippen LogP contribution in [0.4, 0.5) is 14.5 Å². The summed E-state index contributed by atoms with van der Waals surface area (Å²) < 4.78 is 42.3. The molecule has 108 valence electrons. The van der Waals surface area contributed by atoms with E-state index < -0.39 is 17.6 Å². The third-order valence-corrected chi connectivity index (χ3v) is 4.00. The molecule has 1 atom stereocenters. The van der Waals surface area contributed by atoms with Crippen molar-refractivity contribution in [2.75, 3.05) is 4.90 Å². The molecule has 1 aromatic rings. The molecule has 0 spiro atoms. The minimum atomic E-state index is -0.914. The van der Waals surface area contributed by atoms with Crippen LogP contribution in [0.3, 0.4) is 0 Å². The van der Waals surface area contributed by atoms with Crippen LogP contribution in [0.25, 0.3) is 0 Å². The SMILES string of the molecule is CC1CCc2c(F)c(F)cc3c2N1C=C(C(=O)OB=O)C3. The number of nitrogens with zero attached hydrogens (tertiary/aromatic N) is 1. The van der Waals surface area contributed by atoms with Gasteiger partial charge in [-0.1, -0.05) is 0 Å². The Hall–Kier alpha value is -2.05. The number of carbonyl (C=O) groups is 1. The average molecular weight is 291 g/mol. The zero-order valence-corrected chi connectivity index (χ0v) is 11.4. The summed E-state index contributed by atoms with van der Waals surface area (Å²) in [5.74, 6) is -2.50. The standard InChI is InChI=1S/C14H12BF2NO3/c1-7-2-3-10-12(17)11(16)5-8-4-9(14(19)21-15-20)6-18(7)13(8)10/h5-7H,2-4H2,1H3. The third-order valence-electron chi connectivity index (χ3n) is 4.00. The zero-order valence-electron chi connectivity index (χ0n) is 11.4. The van der Waals surface area contributed by atoms with E-state index in [9.17, 15) is 18.3 Å². The van der Waals surface area contributed by atoms with Gasteiger partial charge in [-0.05, 0) is 0 Å².